The van der Waals surface area contributed by atoms with Gasteiger partial charge in [-0.1, -0.05) is 34.1 Å². The number of nitrogens with zero attached hydrogens (tertiary/aromatic N) is 1. The van der Waals surface area contributed by atoms with E-state index < -0.39 is 15.9 Å². The summed E-state index contributed by atoms with van der Waals surface area (Å²) in [4.78, 5) is 12.1. The van der Waals surface area contributed by atoms with E-state index in [2.05, 4.69) is 21.2 Å². The van der Waals surface area contributed by atoms with Crippen LogP contribution in [0.25, 0.3) is 0 Å². The third-order valence-corrected chi connectivity index (χ3v) is 5.25. The number of nitrogens with one attached hydrogen (secondary N) is 1. The third kappa shape index (κ3) is 6.03. The van der Waals surface area contributed by atoms with Crippen LogP contribution >= 0.6 is 15.9 Å². The summed E-state index contributed by atoms with van der Waals surface area (Å²) in [7, 11) is -3.58. The van der Waals surface area contributed by atoms with Gasteiger partial charge < -0.3 is 10.1 Å². The highest BCUT2D eigenvalue weighted by atomic mass is 79.9. The minimum absolute atomic E-state index is 0.283. The largest absolute Gasteiger partial charge is 0.491 e. The zero-order chi connectivity index (χ0) is 19.2. The van der Waals surface area contributed by atoms with Crippen molar-refractivity contribution in [2.24, 2.45) is 0 Å². The second-order valence-electron chi connectivity index (χ2n) is 5.71. The highest BCUT2D eigenvalue weighted by molar-refractivity contribution is 9.10. The molecule has 0 heterocycles. The van der Waals surface area contributed by atoms with Crippen LogP contribution in [-0.4, -0.2) is 40.3 Å². The van der Waals surface area contributed by atoms with Crippen LogP contribution < -0.4 is 14.4 Å². The van der Waals surface area contributed by atoms with E-state index in [0.29, 0.717) is 12.3 Å². The molecular formula is C18H21BrN2O4S. The second kappa shape index (κ2) is 9.05. The zero-order valence-corrected chi connectivity index (χ0v) is 17.0. The summed E-state index contributed by atoms with van der Waals surface area (Å²) in [6, 6.07) is 14.3. The highest BCUT2D eigenvalue weighted by Crippen LogP contribution is 2.20. The normalized spacial score (nSPS) is 11.0. The molecule has 6 nitrogen and oxygen atoms in total. The van der Waals surface area contributed by atoms with Gasteiger partial charge in [-0.2, -0.15) is 0 Å². The van der Waals surface area contributed by atoms with Crippen molar-refractivity contribution in [2.45, 2.75) is 6.92 Å². The SMILES string of the molecule is Cc1ccccc1OCCNC(=O)CN(c1ccc(Br)cc1)S(C)(=O)=O. The van der Waals surface area contributed by atoms with E-state index in [4.69, 9.17) is 4.74 Å². The monoisotopic (exact) mass is 440 g/mol. The Morgan fingerprint density at radius 2 is 1.81 bits per heavy atom. The summed E-state index contributed by atoms with van der Waals surface area (Å²) >= 11 is 3.30. The van der Waals surface area contributed by atoms with Crippen LogP contribution in [-0.2, 0) is 14.8 Å². The van der Waals surface area contributed by atoms with Gasteiger partial charge in [-0.3, -0.25) is 9.10 Å². The Labute approximate surface area is 162 Å². The minimum atomic E-state index is -3.58. The number of benzene rings is 2. The number of para-hydroxylation sites is 1. The van der Waals surface area contributed by atoms with Crippen molar-refractivity contribution in [3.63, 3.8) is 0 Å². The predicted molar refractivity (Wildman–Crippen MR) is 106 cm³/mol. The summed E-state index contributed by atoms with van der Waals surface area (Å²) in [5, 5.41) is 2.68. The molecule has 0 saturated heterocycles. The Kier molecular flexibility index (Phi) is 7.05. The first-order valence-electron chi connectivity index (χ1n) is 7.96. The van der Waals surface area contributed by atoms with Crippen molar-refractivity contribution in [2.75, 3.05) is 30.3 Å². The average molecular weight is 441 g/mol. The molecule has 2 aromatic rings. The number of ether oxygens (including phenoxy) is 1. The fraction of sp³-hybridized carbons (Fsp3) is 0.278. The molecule has 0 aliphatic carbocycles. The topological polar surface area (TPSA) is 75.7 Å². The van der Waals surface area contributed by atoms with Crippen molar-refractivity contribution < 1.29 is 17.9 Å². The Hall–Kier alpha value is -2.06. The van der Waals surface area contributed by atoms with Crippen LogP contribution in [0.2, 0.25) is 0 Å². The standard InChI is InChI=1S/C18H21BrN2O4S/c1-14-5-3-4-6-17(14)25-12-11-20-18(22)13-21(26(2,23)24)16-9-7-15(19)8-10-16/h3-10H,11-13H2,1-2H3,(H,20,22). The molecule has 1 N–H and O–H groups in total. The lowest BCUT2D eigenvalue weighted by atomic mass is 10.2. The average Bonchev–Trinajstić information content (AvgIpc) is 2.58. The van der Waals surface area contributed by atoms with E-state index in [1.54, 1.807) is 24.3 Å². The number of aryl methyl sites for hydroxylation is 1. The van der Waals surface area contributed by atoms with Crippen molar-refractivity contribution in [1.82, 2.24) is 5.32 Å². The van der Waals surface area contributed by atoms with Crippen LogP contribution in [0.5, 0.6) is 5.75 Å². The van der Waals surface area contributed by atoms with Crippen molar-refractivity contribution in [3.05, 3.63) is 58.6 Å². The molecule has 140 valence electrons. The lowest BCUT2D eigenvalue weighted by Gasteiger charge is -2.22. The maximum Gasteiger partial charge on any atom is 0.240 e. The first kappa shape index (κ1) is 20.3. The molecule has 1 amide bonds. The van der Waals surface area contributed by atoms with E-state index in [-0.39, 0.29) is 13.1 Å². The van der Waals surface area contributed by atoms with E-state index >= 15 is 0 Å². The summed E-state index contributed by atoms with van der Waals surface area (Å²) in [5.41, 5.74) is 1.44. The number of carbonyl (C=O) groups excluding carboxylic acids is 1. The van der Waals surface area contributed by atoms with Crippen LogP contribution in [0.1, 0.15) is 5.56 Å². The number of halogens is 1. The van der Waals surface area contributed by atoms with E-state index in [1.165, 1.54) is 0 Å². The molecule has 0 aliphatic rings. The number of amides is 1. The smallest absolute Gasteiger partial charge is 0.240 e. The third-order valence-electron chi connectivity index (χ3n) is 3.58. The van der Waals surface area contributed by atoms with Gasteiger partial charge in [-0.15, -0.1) is 0 Å². The Bertz CT molecular complexity index is 854. The van der Waals surface area contributed by atoms with Crippen molar-refractivity contribution >= 4 is 37.5 Å². The van der Waals surface area contributed by atoms with Crippen LogP contribution in [0.4, 0.5) is 5.69 Å². The molecule has 0 aliphatic heterocycles. The van der Waals surface area contributed by atoms with Gasteiger partial charge in [0.15, 0.2) is 0 Å². The molecule has 0 atom stereocenters. The first-order valence-corrected chi connectivity index (χ1v) is 10.6. The van der Waals surface area contributed by atoms with Gasteiger partial charge in [0, 0.05) is 4.47 Å². The summed E-state index contributed by atoms with van der Waals surface area (Å²) in [6.07, 6.45) is 1.07. The highest BCUT2D eigenvalue weighted by Gasteiger charge is 2.20. The fourth-order valence-electron chi connectivity index (χ4n) is 2.26. The number of anilines is 1. The molecule has 2 rings (SSSR count). The molecule has 8 heteroatoms. The van der Waals surface area contributed by atoms with Gasteiger partial charge in [-0.25, -0.2) is 8.42 Å². The zero-order valence-electron chi connectivity index (χ0n) is 14.6. The van der Waals surface area contributed by atoms with E-state index in [9.17, 15) is 13.2 Å². The quantitative estimate of drug-likeness (QED) is 0.640. The molecule has 26 heavy (non-hydrogen) atoms. The van der Waals surface area contributed by atoms with E-state index in [1.807, 2.05) is 31.2 Å². The maximum absolute atomic E-state index is 12.1. The summed E-state index contributed by atoms with van der Waals surface area (Å²) in [6.45, 7) is 2.24. The first-order chi connectivity index (χ1) is 12.3. The van der Waals surface area contributed by atoms with Gasteiger partial charge in [0.1, 0.15) is 18.9 Å². The fourth-order valence-corrected chi connectivity index (χ4v) is 3.38. The molecule has 0 unspecified atom stereocenters. The summed E-state index contributed by atoms with van der Waals surface area (Å²) in [5.74, 6) is 0.362. The van der Waals surface area contributed by atoms with Crippen LogP contribution in [0.3, 0.4) is 0 Å². The lowest BCUT2D eigenvalue weighted by Crippen LogP contribution is -2.41. The van der Waals surface area contributed by atoms with Crippen molar-refractivity contribution in [3.8, 4) is 5.75 Å². The van der Waals surface area contributed by atoms with Crippen LogP contribution in [0, 0.1) is 6.92 Å². The lowest BCUT2D eigenvalue weighted by molar-refractivity contribution is -0.119. The predicted octanol–water partition coefficient (Wildman–Crippen LogP) is 2.72. The van der Waals surface area contributed by atoms with Gasteiger partial charge in [0.25, 0.3) is 0 Å². The molecule has 0 radical (unpaired) electrons. The molecular weight excluding hydrogens is 420 g/mol. The van der Waals surface area contributed by atoms with Gasteiger partial charge in [-0.05, 0) is 42.8 Å². The molecule has 2 aromatic carbocycles. The molecule has 0 spiro atoms. The Morgan fingerprint density at radius 1 is 1.15 bits per heavy atom. The number of hydrogen-bond acceptors (Lipinski definition) is 4. The van der Waals surface area contributed by atoms with Gasteiger partial charge >= 0.3 is 0 Å². The number of carbonyl (C=O) groups is 1. The minimum Gasteiger partial charge on any atom is -0.491 e. The van der Waals surface area contributed by atoms with Crippen LogP contribution in [0.15, 0.2) is 53.0 Å². The Morgan fingerprint density at radius 3 is 2.42 bits per heavy atom. The molecule has 0 fully saturated rings. The van der Waals surface area contributed by atoms with E-state index in [0.717, 1.165) is 26.3 Å². The molecule has 0 bridgehead atoms. The number of sulfonamides is 1. The Balaban J connectivity index is 1.89. The van der Waals surface area contributed by atoms with Crippen molar-refractivity contribution in [1.29, 1.82) is 0 Å². The summed E-state index contributed by atoms with van der Waals surface area (Å²) < 4.78 is 31.5. The second-order valence-corrected chi connectivity index (χ2v) is 8.53. The number of rotatable bonds is 8. The molecule has 0 aromatic heterocycles. The maximum atomic E-state index is 12.1. The van der Waals surface area contributed by atoms with Gasteiger partial charge in [0.2, 0.25) is 15.9 Å². The molecule has 0 saturated carbocycles. The van der Waals surface area contributed by atoms with Gasteiger partial charge in [0.05, 0.1) is 18.5 Å². The number of hydrogen-bond donors (Lipinski definition) is 1.